The van der Waals surface area contributed by atoms with Crippen molar-refractivity contribution in [2.75, 3.05) is 0 Å². The van der Waals surface area contributed by atoms with Crippen molar-refractivity contribution in [2.24, 2.45) is 10.2 Å². The van der Waals surface area contributed by atoms with Crippen LogP contribution in [0, 0.1) is 0 Å². The molecular weight excluding hydrogens is 264 g/mol. The molecule has 108 valence electrons. The van der Waals surface area contributed by atoms with Gasteiger partial charge in [-0.25, -0.2) is 0 Å². The number of allylic oxidation sites excluding steroid dienone is 2. The van der Waals surface area contributed by atoms with Crippen molar-refractivity contribution < 1.29 is 9.53 Å². The van der Waals surface area contributed by atoms with Crippen molar-refractivity contribution in [3.8, 4) is 5.75 Å². The molecule has 0 amide bonds. The molecule has 1 heterocycles. The Morgan fingerprint density at radius 1 is 1.24 bits per heavy atom. The third-order valence-corrected chi connectivity index (χ3v) is 3.49. The van der Waals surface area contributed by atoms with E-state index in [2.05, 4.69) is 10.2 Å². The highest BCUT2D eigenvalue weighted by Gasteiger charge is 2.26. The molecule has 3 rings (SSSR count). The van der Waals surface area contributed by atoms with Gasteiger partial charge in [0.2, 0.25) is 0 Å². The van der Waals surface area contributed by atoms with Gasteiger partial charge in [0, 0.05) is 24.1 Å². The van der Waals surface area contributed by atoms with E-state index in [1.165, 1.54) is 0 Å². The Balaban J connectivity index is 1.94. The molecule has 21 heavy (non-hydrogen) atoms. The molecule has 0 saturated carbocycles. The van der Waals surface area contributed by atoms with Gasteiger partial charge < -0.3 is 4.74 Å². The summed E-state index contributed by atoms with van der Waals surface area (Å²) >= 11 is 0. The standard InChI is InChI=1S/C17H18N2O2/c1-10(2)21-14-5-4-12-7-17(20)16(15(12)9-14)8-13-6-11(3)18-19-13/h4-5,8-10H,6-7H2,1-3H3/b16-8-. The summed E-state index contributed by atoms with van der Waals surface area (Å²) in [6, 6.07) is 5.86. The molecular formula is C17H18N2O2. The highest BCUT2D eigenvalue weighted by molar-refractivity contribution is 6.30. The number of Topliss-reactive ketones (excluding diaryl/α,β-unsaturated/α-hetero) is 1. The Kier molecular flexibility index (Phi) is 3.45. The molecule has 0 spiro atoms. The minimum atomic E-state index is 0.114. The Labute approximate surface area is 124 Å². The average Bonchev–Trinajstić information content (AvgIpc) is 2.95. The van der Waals surface area contributed by atoms with Gasteiger partial charge in [0.1, 0.15) is 5.75 Å². The van der Waals surface area contributed by atoms with Crippen molar-refractivity contribution in [3.63, 3.8) is 0 Å². The van der Waals surface area contributed by atoms with Gasteiger partial charge in [-0.3, -0.25) is 4.79 Å². The second kappa shape index (κ2) is 5.28. The maximum Gasteiger partial charge on any atom is 0.167 e. The van der Waals surface area contributed by atoms with E-state index in [0.717, 1.165) is 33.9 Å². The summed E-state index contributed by atoms with van der Waals surface area (Å²) in [5.41, 5.74) is 4.56. The normalized spacial score (nSPS) is 19.0. The first kappa shape index (κ1) is 13.7. The molecule has 1 aliphatic carbocycles. The van der Waals surface area contributed by atoms with Crippen LogP contribution in [0.2, 0.25) is 0 Å². The maximum absolute atomic E-state index is 12.2. The van der Waals surface area contributed by atoms with E-state index in [0.29, 0.717) is 12.8 Å². The summed E-state index contributed by atoms with van der Waals surface area (Å²) in [6.07, 6.45) is 3.15. The lowest BCUT2D eigenvalue weighted by Crippen LogP contribution is -2.05. The number of carbonyl (C=O) groups is 1. The molecule has 0 bridgehead atoms. The lowest BCUT2D eigenvalue weighted by molar-refractivity contribution is -0.112. The van der Waals surface area contributed by atoms with Crippen molar-refractivity contribution in [3.05, 3.63) is 35.4 Å². The number of nitrogens with zero attached hydrogens (tertiary/aromatic N) is 2. The zero-order valence-electron chi connectivity index (χ0n) is 12.5. The lowest BCUT2D eigenvalue weighted by atomic mass is 10.0. The second-order valence-electron chi connectivity index (χ2n) is 5.75. The highest BCUT2D eigenvalue weighted by Crippen LogP contribution is 2.33. The van der Waals surface area contributed by atoms with Crippen LogP contribution in [-0.2, 0) is 11.2 Å². The van der Waals surface area contributed by atoms with Crippen LogP contribution >= 0.6 is 0 Å². The molecule has 0 fully saturated rings. The molecule has 0 aromatic heterocycles. The molecule has 1 aliphatic heterocycles. The Hall–Kier alpha value is -2.23. The first-order valence-corrected chi connectivity index (χ1v) is 7.18. The molecule has 0 radical (unpaired) electrons. The van der Waals surface area contributed by atoms with E-state index in [9.17, 15) is 4.79 Å². The topological polar surface area (TPSA) is 51.0 Å². The van der Waals surface area contributed by atoms with Gasteiger partial charge in [-0.1, -0.05) is 6.07 Å². The number of ketones is 1. The minimum Gasteiger partial charge on any atom is -0.491 e. The van der Waals surface area contributed by atoms with Crippen LogP contribution in [0.4, 0.5) is 0 Å². The molecule has 4 nitrogen and oxygen atoms in total. The van der Waals surface area contributed by atoms with Crippen molar-refractivity contribution in [2.45, 2.75) is 39.7 Å². The van der Waals surface area contributed by atoms with Gasteiger partial charge in [0.05, 0.1) is 11.8 Å². The quantitative estimate of drug-likeness (QED) is 0.799. The second-order valence-corrected chi connectivity index (χ2v) is 5.75. The molecule has 0 saturated heterocycles. The fraction of sp³-hybridized carbons (Fsp3) is 0.353. The summed E-state index contributed by atoms with van der Waals surface area (Å²) < 4.78 is 5.72. The molecule has 0 unspecified atom stereocenters. The van der Waals surface area contributed by atoms with Crippen LogP contribution < -0.4 is 4.74 Å². The number of ether oxygens (including phenoxy) is 1. The maximum atomic E-state index is 12.2. The predicted octanol–water partition coefficient (Wildman–Crippen LogP) is 3.20. The lowest BCUT2D eigenvalue weighted by Gasteiger charge is -2.11. The van der Waals surface area contributed by atoms with Gasteiger partial charge in [0.25, 0.3) is 0 Å². The number of benzene rings is 1. The van der Waals surface area contributed by atoms with Crippen molar-refractivity contribution in [1.29, 1.82) is 0 Å². The third-order valence-electron chi connectivity index (χ3n) is 3.49. The molecule has 1 aromatic carbocycles. The van der Waals surface area contributed by atoms with Crippen LogP contribution in [0.5, 0.6) is 5.75 Å². The van der Waals surface area contributed by atoms with E-state index >= 15 is 0 Å². The van der Waals surface area contributed by atoms with Crippen LogP contribution in [0.3, 0.4) is 0 Å². The molecule has 0 atom stereocenters. The van der Waals surface area contributed by atoms with E-state index in [1.54, 1.807) is 0 Å². The van der Waals surface area contributed by atoms with Crippen LogP contribution in [0.25, 0.3) is 5.57 Å². The van der Waals surface area contributed by atoms with Gasteiger partial charge >= 0.3 is 0 Å². The van der Waals surface area contributed by atoms with Crippen LogP contribution in [-0.4, -0.2) is 23.3 Å². The van der Waals surface area contributed by atoms with E-state index in [4.69, 9.17) is 4.74 Å². The van der Waals surface area contributed by atoms with Crippen molar-refractivity contribution >= 4 is 22.8 Å². The van der Waals surface area contributed by atoms with Gasteiger partial charge in [0.15, 0.2) is 5.78 Å². The Bertz CT molecular complexity index is 697. The third kappa shape index (κ3) is 2.79. The molecule has 4 heteroatoms. The smallest absolute Gasteiger partial charge is 0.167 e. The highest BCUT2D eigenvalue weighted by atomic mass is 16.5. The Morgan fingerprint density at radius 2 is 2.05 bits per heavy atom. The monoisotopic (exact) mass is 282 g/mol. The fourth-order valence-corrected chi connectivity index (χ4v) is 2.61. The number of hydrogen-bond donors (Lipinski definition) is 0. The first-order valence-electron chi connectivity index (χ1n) is 7.18. The molecule has 2 aliphatic rings. The fourth-order valence-electron chi connectivity index (χ4n) is 2.61. The zero-order valence-corrected chi connectivity index (χ0v) is 12.5. The van der Waals surface area contributed by atoms with Gasteiger partial charge in [-0.05, 0) is 50.1 Å². The number of hydrogen-bond acceptors (Lipinski definition) is 4. The summed E-state index contributed by atoms with van der Waals surface area (Å²) in [5.74, 6) is 0.934. The zero-order chi connectivity index (χ0) is 15.0. The predicted molar refractivity (Wildman–Crippen MR) is 84.1 cm³/mol. The minimum absolute atomic E-state index is 0.114. The van der Waals surface area contributed by atoms with Crippen LogP contribution in [0.15, 0.2) is 34.5 Å². The largest absolute Gasteiger partial charge is 0.491 e. The van der Waals surface area contributed by atoms with Gasteiger partial charge in [-0.15, -0.1) is 0 Å². The molecule has 0 N–H and O–H groups in total. The first-order chi connectivity index (χ1) is 10.0. The van der Waals surface area contributed by atoms with E-state index < -0.39 is 0 Å². The number of fused-ring (bicyclic) bond motifs is 1. The number of carbonyl (C=O) groups excluding carboxylic acids is 1. The van der Waals surface area contributed by atoms with Crippen molar-refractivity contribution in [1.82, 2.24) is 0 Å². The van der Waals surface area contributed by atoms with Crippen LogP contribution in [0.1, 0.15) is 38.3 Å². The SMILES string of the molecule is CC1=NN=C(/C=C2\C(=O)Cc3ccc(OC(C)C)cc32)C1. The van der Waals surface area contributed by atoms with E-state index in [-0.39, 0.29) is 11.9 Å². The summed E-state index contributed by atoms with van der Waals surface area (Å²) in [4.78, 5) is 12.2. The van der Waals surface area contributed by atoms with Gasteiger partial charge in [-0.2, -0.15) is 10.2 Å². The molecule has 1 aromatic rings. The Morgan fingerprint density at radius 3 is 2.71 bits per heavy atom. The summed E-state index contributed by atoms with van der Waals surface area (Å²) in [5, 5.41) is 8.12. The summed E-state index contributed by atoms with van der Waals surface area (Å²) in [6.45, 7) is 5.92. The summed E-state index contributed by atoms with van der Waals surface area (Å²) in [7, 11) is 0. The average molecular weight is 282 g/mol. The number of rotatable bonds is 3. The van der Waals surface area contributed by atoms with E-state index in [1.807, 2.05) is 45.0 Å².